The maximum atomic E-state index is 12.0. The van der Waals surface area contributed by atoms with Crippen molar-refractivity contribution < 1.29 is 9.53 Å². The molecule has 0 aliphatic heterocycles. The van der Waals surface area contributed by atoms with Crippen LogP contribution in [0.15, 0.2) is 66.2 Å². The molecule has 0 bridgehead atoms. The number of ether oxygens (including phenoxy) is 1. The fourth-order valence-electron chi connectivity index (χ4n) is 2.26. The molecule has 0 aromatic heterocycles. The molecule has 3 nitrogen and oxygen atoms in total. The van der Waals surface area contributed by atoms with Gasteiger partial charge >= 0.3 is 0 Å². The van der Waals surface area contributed by atoms with Crippen molar-refractivity contribution in [3.05, 3.63) is 77.4 Å². The van der Waals surface area contributed by atoms with Crippen LogP contribution in [0.2, 0.25) is 0 Å². The lowest BCUT2D eigenvalue weighted by Gasteiger charge is -2.08. The van der Waals surface area contributed by atoms with E-state index in [0.717, 1.165) is 22.4 Å². The second-order valence-corrected chi connectivity index (χ2v) is 5.09. The minimum absolute atomic E-state index is 0.0803. The molecule has 0 fully saturated rings. The first kappa shape index (κ1) is 16.6. The van der Waals surface area contributed by atoms with Gasteiger partial charge in [-0.05, 0) is 35.8 Å². The number of benzene rings is 2. The van der Waals surface area contributed by atoms with Crippen molar-refractivity contribution in [1.82, 2.24) is 5.32 Å². The van der Waals surface area contributed by atoms with Crippen LogP contribution in [0.3, 0.4) is 0 Å². The topological polar surface area (TPSA) is 38.3 Å². The van der Waals surface area contributed by atoms with Crippen LogP contribution < -0.4 is 10.1 Å². The number of hydrogen-bond acceptors (Lipinski definition) is 2. The number of carbonyl (C=O) groups excluding carboxylic acids is 1. The molecule has 0 spiro atoms. The highest BCUT2D eigenvalue weighted by atomic mass is 16.5. The van der Waals surface area contributed by atoms with Crippen LogP contribution in [0.4, 0.5) is 0 Å². The van der Waals surface area contributed by atoms with Gasteiger partial charge in [0.1, 0.15) is 5.75 Å². The summed E-state index contributed by atoms with van der Waals surface area (Å²) in [4.78, 5) is 12.0. The first-order valence-electron chi connectivity index (χ1n) is 7.46. The molecule has 1 amide bonds. The Morgan fingerprint density at radius 2 is 1.70 bits per heavy atom. The zero-order valence-electron chi connectivity index (χ0n) is 13.7. The van der Waals surface area contributed by atoms with Gasteiger partial charge in [0.05, 0.1) is 7.11 Å². The first-order valence-corrected chi connectivity index (χ1v) is 7.46. The summed E-state index contributed by atoms with van der Waals surface area (Å²) in [6, 6.07) is 17.7. The average molecular weight is 307 g/mol. The summed E-state index contributed by atoms with van der Waals surface area (Å²) in [5.74, 6) is 0.741. The Labute approximate surface area is 137 Å². The van der Waals surface area contributed by atoms with Gasteiger partial charge in [-0.3, -0.25) is 4.79 Å². The van der Waals surface area contributed by atoms with Crippen LogP contribution in [0.25, 0.3) is 11.6 Å². The van der Waals surface area contributed by atoms with Crippen molar-refractivity contribution in [3.63, 3.8) is 0 Å². The van der Waals surface area contributed by atoms with Crippen molar-refractivity contribution in [2.45, 2.75) is 6.92 Å². The number of likely N-dealkylation sites (N-methyl/N-ethyl adjacent to an activating group) is 1. The van der Waals surface area contributed by atoms with Gasteiger partial charge in [-0.1, -0.05) is 54.6 Å². The van der Waals surface area contributed by atoms with E-state index in [4.69, 9.17) is 4.74 Å². The van der Waals surface area contributed by atoms with Gasteiger partial charge in [-0.25, -0.2) is 0 Å². The molecule has 1 N–H and O–H groups in total. The van der Waals surface area contributed by atoms with E-state index in [1.54, 1.807) is 14.2 Å². The zero-order chi connectivity index (χ0) is 16.7. The Kier molecular flexibility index (Phi) is 5.75. The highest BCUT2D eigenvalue weighted by Crippen LogP contribution is 2.22. The Morgan fingerprint density at radius 1 is 1.04 bits per heavy atom. The van der Waals surface area contributed by atoms with Gasteiger partial charge in [-0.15, -0.1) is 0 Å². The molecule has 23 heavy (non-hydrogen) atoms. The molecule has 0 saturated heterocycles. The maximum Gasteiger partial charge on any atom is 0.247 e. The molecule has 2 aromatic carbocycles. The minimum atomic E-state index is -0.0803. The molecule has 0 aliphatic rings. The van der Waals surface area contributed by atoms with Gasteiger partial charge in [0.25, 0.3) is 0 Å². The molecule has 2 aromatic rings. The van der Waals surface area contributed by atoms with Crippen molar-refractivity contribution in [2.24, 2.45) is 0 Å². The number of hydrogen-bond donors (Lipinski definition) is 1. The van der Waals surface area contributed by atoms with E-state index in [-0.39, 0.29) is 5.91 Å². The standard InChI is InChI=1S/C20H21NO2/c1-15(20(22)21-2)19(17-7-5-4-6-8-17)14-11-16-9-12-18(23-3)13-10-16/h4-14H,1-3H3,(H,21,22)/b14-11+,19-15-. The molecule has 0 heterocycles. The number of rotatable bonds is 5. The lowest BCUT2D eigenvalue weighted by molar-refractivity contribution is -0.116. The van der Waals surface area contributed by atoms with Crippen LogP contribution in [-0.4, -0.2) is 20.1 Å². The van der Waals surface area contributed by atoms with Crippen molar-refractivity contribution in [2.75, 3.05) is 14.2 Å². The van der Waals surface area contributed by atoms with Gasteiger partial charge in [-0.2, -0.15) is 0 Å². The van der Waals surface area contributed by atoms with E-state index in [0.29, 0.717) is 5.57 Å². The fourth-order valence-corrected chi connectivity index (χ4v) is 2.26. The maximum absolute atomic E-state index is 12.0. The van der Waals surface area contributed by atoms with E-state index >= 15 is 0 Å². The summed E-state index contributed by atoms with van der Waals surface area (Å²) < 4.78 is 5.16. The Hall–Kier alpha value is -2.81. The zero-order valence-corrected chi connectivity index (χ0v) is 13.7. The first-order chi connectivity index (χ1) is 11.2. The molecule has 118 valence electrons. The number of methoxy groups -OCH3 is 1. The summed E-state index contributed by atoms with van der Waals surface area (Å²) in [5, 5.41) is 2.68. The molecule has 3 heteroatoms. The number of carbonyl (C=O) groups is 1. The molecular formula is C20H21NO2. The summed E-state index contributed by atoms with van der Waals surface area (Å²) in [7, 11) is 3.29. The third-order valence-electron chi connectivity index (χ3n) is 3.61. The molecule has 0 radical (unpaired) electrons. The fraction of sp³-hybridized carbons (Fsp3) is 0.150. The largest absolute Gasteiger partial charge is 0.497 e. The third-order valence-corrected chi connectivity index (χ3v) is 3.61. The van der Waals surface area contributed by atoms with Gasteiger partial charge < -0.3 is 10.1 Å². The SMILES string of the molecule is CNC(=O)/C(C)=C(/C=C/c1ccc(OC)cc1)c1ccccc1. The Bertz CT molecular complexity index is 713. The highest BCUT2D eigenvalue weighted by molar-refractivity contribution is 6.03. The molecule has 0 unspecified atom stereocenters. The van der Waals surface area contributed by atoms with Crippen LogP contribution >= 0.6 is 0 Å². The van der Waals surface area contributed by atoms with Crippen LogP contribution in [0.1, 0.15) is 18.1 Å². The molecule has 0 saturated carbocycles. The van der Waals surface area contributed by atoms with Crippen molar-refractivity contribution in [3.8, 4) is 5.75 Å². The lowest BCUT2D eigenvalue weighted by Crippen LogP contribution is -2.19. The summed E-state index contributed by atoms with van der Waals surface area (Å²) >= 11 is 0. The van der Waals surface area contributed by atoms with Crippen LogP contribution in [0, 0.1) is 0 Å². The summed E-state index contributed by atoms with van der Waals surface area (Å²) in [5.41, 5.74) is 3.64. The summed E-state index contributed by atoms with van der Waals surface area (Å²) in [6.07, 6.45) is 3.97. The van der Waals surface area contributed by atoms with E-state index in [9.17, 15) is 4.79 Å². The van der Waals surface area contributed by atoms with Crippen LogP contribution in [-0.2, 0) is 4.79 Å². The molecule has 0 aliphatic carbocycles. The van der Waals surface area contributed by atoms with Crippen molar-refractivity contribution in [1.29, 1.82) is 0 Å². The predicted octanol–water partition coefficient (Wildman–Crippen LogP) is 3.93. The van der Waals surface area contributed by atoms with Gasteiger partial charge in [0, 0.05) is 12.6 Å². The highest BCUT2D eigenvalue weighted by Gasteiger charge is 2.09. The normalized spacial score (nSPS) is 12.0. The number of allylic oxidation sites excluding steroid dienone is 2. The van der Waals surface area contributed by atoms with Crippen LogP contribution in [0.5, 0.6) is 5.75 Å². The predicted molar refractivity (Wildman–Crippen MR) is 95.1 cm³/mol. The summed E-state index contributed by atoms with van der Waals surface area (Å²) in [6.45, 7) is 1.83. The number of nitrogens with one attached hydrogen (secondary N) is 1. The quantitative estimate of drug-likeness (QED) is 0.671. The Morgan fingerprint density at radius 3 is 2.26 bits per heavy atom. The van der Waals surface area contributed by atoms with E-state index in [1.165, 1.54) is 0 Å². The number of amides is 1. The molecule has 2 rings (SSSR count). The molecule has 0 atom stereocenters. The lowest BCUT2D eigenvalue weighted by atomic mass is 9.99. The average Bonchev–Trinajstić information content (AvgIpc) is 2.62. The second-order valence-electron chi connectivity index (χ2n) is 5.09. The van der Waals surface area contributed by atoms with Gasteiger partial charge in [0.15, 0.2) is 0 Å². The Balaban J connectivity index is 2.38. The third kappa shape index (κ3) is 4.33. The second kappa shape index (κ2) is 7.99. The van der Waals surface area contributed by atoms with E-state index < -0.39 is 0 Å². The monoisotopic (exact) mass is 307 g/mol. The minimum Gasteiger partial charge on any atom is -0.497 e. The van der Waals surface area contributed by atoms with E-state index in [2.05, 4.69) is 5.32 Å². The van der Waals surface area contributed by atoms with Gasteiger partial charge in [0.2, 0.25) is 5.91 Å². The van der Waals surface area contributed by atoms with Crippen molar-refractivity contribution >= 4 is 17.6 Å². The molecular weight excluding hydrogens is 286 g/mol. The smallest absolute Gasteiger partial charge is 0.247 e. The van der Waals surface area contributed by atoms with E-state index in [1.807, 2.05) is 73.7 Å².